The standard InChI is InChI=1S/C16H19N3O4S.Na.H/c1-8-7-24-15-11(14(21)19(15)12(8)16(22)23)18-13(20)10(17)9-5-3-2-4-6-9;;/h2-3,6,10-11,15H,4-5,7,17H2,1H3,(H,18,20)(H,22,23);;/q;+1;-1/t10-,11-,15-;;/m1../s1. The molecule has 0 aromatic heterocycles. The van der Waals surface area contributed by atoms with E-state index < -0.39 is 29.9 Å². The van der Waals surface area contributed by atoms with Gasteiger partial charge in [0, 0.05) is 5.75 Å². The van der Waals surface area contributed by atoms with Crippen molar-refractivity contribution in [1.29, 1.82) is 0 Å². The van der Waals surface area contributed by atoms with Crippen molar-refractivity contribution in [3.8, 4) is 0 Å². The molecule has 3 aliphatic rings. The Morgan fingerprint density at radius 2 is 2.20 bits per heavy atom. The molecular formula is C16H20N3NaO4S. The number of hydrogen-bond acceptors (Lipinski definition) is 5. The maximum Gasteiger partial charge on any atom is 1.00 e. The molecule has 2 heterocycles. The molecule has 25 heavy (non-hydrogen) atoms. The molecule has 0 spiro atoms. The van der Waals surface area contributed by atoms with Crippen LogP contribution >= 0.6 is 11.8 Å². The molecule has 3 atom stereocenters. The van der Waals surface area contributed by atoms with Gasteiger partial charge in [-0.15, -0.1) is 11.8 Å². The van der Waals surface area contributed by atoms with Crippen LogP contribution in [-0.4, -0.2) is 51.0 Å². The van der Waals surface area contributed by atoms with E-state index in [9.17, 15) is 19.5 Å². The van der Waals surface area contributed by atoms with Crippen LogP contribution in [0.3, 0.4) is 0 Å². The van der Waals surface area contributed by atoms with Crippen molar-refractivity contribution in [2.45, 2.75) is 37.2 Å². The van der Waals surface area contributed by atoms with Crippen LogP contribution in [0.15, 0.2) is 35.1 Å². The molecule has 0 radical (unpaired) electrons. The maximum atomic E-state index is 12.3. The first kappa shape index (κ1) is 20.3. The molecule has 1 saturated heterocycles. The van der Waals surface area contributed by atoms with E-state index in [-0.39, 0.29) is 42.1 Å². The summed E-state index contributed by atoms with van der Waals surface area (Å²) in [6.07, 6.45) is 7.26. The number of carbonyl (C=O) groups is 3. The summed E-state index contributed by atoms with van der Waals surface area (Å²) in [6, 6.07) is -1.52. The van der Waals surface area contributed by atoms with Crippen LogP contribution in [0.1, 0.15) is 21.2 Å². The predicted molar refractivity (Wildman–Crippen MR) is 90.9 cm³/mol. The van der Waals surface area contributed by atoms with E-state index in [2.05, 4.69) is 5.32 Å². The Morgan fingerprint density at radius 1 is 1.48 bits per heavy atom. The van der Waals surface area contributed by atoms with Gasteiger partial charge in [-0.3, -0.25) is 14.5 Å². The van der Waals surface area contributed by atoms with E-state index in [4.69, 9.17) is 5.73 Å². The number of fused-ring (bicyclic) bond motifs is 1. The van der Waals surface area contributed by atoms with Gasteiger partial charge >= 0.3 is 35.5 Å². The van der Waals surface area contributed by atoms with Crippen LogP contribution in [0.25, 0.3) is 0 Å². The number of amides is 2. The molecule has 2 aliphatic heterocycles. The fraction of sp³-hybridized carbons (Fsp3) is 0.438. The zero-order valence-electron chi connectivity index (χ0n) is 15.2. The second-order valence-corrected chi connectivity index (χ2v) is 7.10. The normalized spacial score (nSPS) is 26.1. The minimum atomic E-state index is -1.12. The summed E-state index contributed by atoms with van der Waals surface area (Å²) < 4.78 is 0. The first-order valence-corrected chi connectivity index (χ1v) is 8.74. The van der Waals surface area contributed by atoms with Crippen molar-refractivity contribution in [3.05, 3.63) is 35.1 Å². The molecule has 1 fully saturated rings. The Labute approximate surface area is 173 Å². The number of carboxylic acid groups (broad SMARTS) is 1. The maximum absolute atomic E-state index is 12.3. The minimum Gasteiger partial charge on any atom is -1.00 e. The molecular weight excluding hydrogens is 353 g/mol. The van der Waals surface area contributed by atoms with Gasteiger partial charge < -0.3 is 17.6 Å². The molecule has 2 amide bonds. The molecule has 7 nitrogen and oxygen atoms in total. The average Bonchev–Trinajstić information content (AvgIpc) is 2.59. The third-order valence-corrected chi connectivity index (χ3v) is 5.80. The molecule has 0 unspecified atom stereocenters. The second-order valence-electron chi connectivity index (χ2n) is 6.00. The average molecular weight is 373 g/mol. The van der Waals surface area contributed by atoms with Gasteiger partial charge in [0.1, 0.15) is 23.2 Å². The number of carboxylic acids is 1. The Balaban J connectivity index is 0.00000169. The Hall–Kier alpha value is -1.06. The van der Waals surface area contributed by atoms with Crippen molar-refractivity contribution in [2.24, 2.45) is 5.73 Å². The largest absolute Gasteiger partial charge is 1.00 e. The fourth-order valence-electron chi connectivity index (χ4n) is 3.06. The van der Waals surface area contributed by atoms with E-state index in [1.807, 2.05) is 18.2 Å². The second kappa shape index (κ2) is 8.09. The van der Waals surface area contributed by atoms with E-state index in [0.29, 0.717) is 17.7 Å². The van der Waals surface area contributed by atoms with Crippen molar-refractivity contribution in [3.63, 3.8) is 0 Å². The van der Waals surface area contributed by atoms with E-state index in [0.717, 1.165) is 12.0 Å². The Morgan fingerprint density at radius 3 is 2.80 bits per heavy atom. The number of aliphatic carboxylic acids is 1. The van der Waals surface area contributed by atoms with Gasteiger partial charge in [0.05, 0.1) is 0 Å². The van der Waals surface area contributed by atoms with Gasteiger partial charge in [-0.2, -0.15) is 0 Å². The molecule has 0 aromatic carbocycles. The molecule has 0 saturated carbocycles. The van der Waals surface area contributed by atoms with Gasteiger partial charge in [0.15, 0.2) is 0 Å². The Bertz CT molecular complexity index is 710. The molecule has 0 aromatic rings. The summed E-state index contributed by atoms with van der Waals surface area (Å²) in [7, 11) is 0. The number of rotatable bonds is 4. The monoisotopic (exact) mass is 373 g/mol. The molecule has 4 N–H and O–H groups in total. The SMILES string of the molecule is CC1=C(C(=O)O)N2C(=O)[C@@H](NC(=O)[C@H](N)C3=CCC=CC3)[C@H]2SC1.[H-].[Na+]. The summed E-state index contributed by atoms with van der Waals surface area (Å²) in [5.74, 6) is -1.41. The van der Waals surface area contributed by atoms with E-state index >= 15 is 0 Å². The molecule has 130 valence electrons. The van der Waals surface area contributed by atoms with Gasteiger partial charge in [0.25, 0.3) is 5.91 Å². The first-order chi connectivity index (χ1) is 11.4. The zero-order chi connectivity index (χ0) is 17.4. The number of β-lactam (4-membered cyclic amide) rings is 1. The number of thioether (sulfide) groups is 1. The molecule has 1 aliphatic carbocycles. The minimum absolute atomic E-state index is 0. The van der Waals surface area contributed by atoms with Gasteiger partial charge in [0.2, 0.25) is 5.91 Å². The van der Waals surface area contributed by atoms with Gasteiger partial charge in [-0.25, -0.2) is 4.79 Å². The number of hydrogen-bond donors (Lipinski definition) is 3. The number of nitrogens with one attached hydrogen (secondary N) is 1. The molecule has 9 heteroatoms. The van der Waals surface area contributed by atoms with Crippen molar-refractivity contribution < 1.29 is 50.5 Å². The van der Waals surface area contributed by atoms with Crippen LogP contribution in [0.2, 0.25) is 0 Å². The van der Waals surface area contributed by atoms with Crippen LogP contribution in [0.5, 0.6) is 0 Å². The summed E-state index contributed by atoms with van der Waals surface area (Å²) in [5, 5.41) is 11.6. The summed E-state index contributed by atoms with van der Waals surface area (Å²) >= 11 is 1.45. The third kappa shape index (κ3) is 3.73. The number of nitrogens with zero attached hydrogens (tertiary/aromatic N) is 1. The fourth-order valence-corrected chi connectivity index (χ4v) is 4.35. The zero-order valence-corrected chi connectivity index (χ0v) is 17.0. The smallest absolute Gasteiger partial charge is 1.00 e. The van der Waals surface area contributed by atoms with Crippen LogP contribution in [0, 0.1) is 0 Å². The predicted octanol–water partition coefficient (Wildman–Crippen LogP) is -2.53. The summed E-state index contributed by atoms with van der Waals surface area (Å²) in [5.41, 5.74) is 7.49. The number of allylic oxidation sites excluding steroid dienone is 3. The molecule has 3 rings (SSSR count). The van der Waals surface area contributed by atoms with Crippen LogP contribution in [0.4, 0.5) is 0 Å². The van der Waals surface area contributed by atoms with E-state index in [1.54, 1.807) is 6.92 Å². The topological polar surface area (TPSA) is 113 Å². The Kier molecular flexibility index (Phi) is 6.56. The molecule has 0 bridgehead atoms. The van der Waals surface area contributed by atoms with Crippen LogP contribution < -0.4 is 40.6 Å². The van der Waals surface area contributed by atoms with Crippen LogP contribution in [-0.2, 0) is 14.4 Å². The number of carbonyl (C=O) groups excluding carboxylic acids is 2. The quantitative estimate of drug-likeness (QED) is 0.285. The summed E-state index contributed by atoms with van der Waals surface area (Å²) in [6.45, 7) is 1.70. The van der Waals surface area contributed by atoms with Crippen molar-refractivity contribution >= 4 is 29.5 Å². The first-order valence-electron chi connectivity index (χ1n) is 7.69. The third-order valence-electron chi connectivity index (χ3n) is 4.38. The van der Waals surface area contributed by atoms with E-state index in [1.165, 1.54) is 16.7 Å². The van der Waals surface area contributed by atoms with Gasteiger partial charge in [-0.1, -0.05) is 18.2 Å². The van der Waals surface area contributed by atoms with Crippen molar-refractivity contribution in [2.75, 3.05) is 5.75 Å². The van der Waals surface area contributed by atoms with Gasteiger partial charge in [-0.05, 0) is 30.9 Å². The number of nitrogens with two attached hydrogens (primary N) is 1. The summed E-state index contributed by atoms with van der Waals surface area (Å²) in [4.78, 5) is 37.3. The van der Waals surface area contributed by atoms with Crippen molar-refractivity contribution in [1.82, 2.24) is 10.2 Å².